The summed E-state index contributed by atoms with van der Waals surface area (Å²) < 4.78 is 97.0. The standard InChI is InChI=1S/C21H13F5N4O4S/c1-10-15(19(31)28-12-4-3-5-13(8-12)35(2,32)33)20(30-29-18(10)21(24,25)26)34-14-7-6-11(9-27)16(22)17(14)23/h3-8H,1-2H3,(H,28,31). The minimum Gasteiger partial charge on any atom is -0.434 e. The summed E-state index contributed by atoms with van der Waals surface area (Å²) in [7, 11) is -3.67. The molecular formula is C21H13F5N4O4S. The van der Waals surface area contributed by atoms with Gasteiger partial charge in [-0.15, -0.1) is 10.2 Å². The van der Waals surface area contributed by atoms with E-state index in [0.717, 1.165) is 31.4 Å². The molecule has 3 aromatic rings. The smallest absolute Gasteiger partial charge is 0.434 e. The van der Waals surface area contributed by atoms with E-state index in [1.54, 1.807) is 0 Å². The number of halogens is 5. The first-order valence-electron chi connectivity index (χ1n) is 9.36. The van der Waals surface area contributed by atoms with Crippen LogP contribution in [0.3, 0.4) is 0 Å². The Morgan fingerprint density at radius 3 is 2.40 bits per heavy atom. The number of nitriles is 1. The molecule has 1 N–H and O–H groups in total. The molecular weight excluding hydrogens is 499 g/mol. The van der Waals surface area contributed by atoms with Gasteiger partial charge in [0.2, 0.25) is 5.82 Å². The Hall–Kier alpha value is -4.12. The first-order chi connectivity index (χ1) is 16.2. The number of anilines is 1. The van der Waals surface area contributed by atoms with Crippen molar-refractivity contribution in [2.45, 2.75) is 18.0 Å². The quantitative estimate of drug-likeness (QED) is 0.503. The third kappa shape index (κ3) is 5.35. The Morgan fingerprint density at radius 2 is 1.80 bits per heavy atom. The van der Waals surface area contributed by atoms with Crippen molar-refractivity contribution in [2.75, 3.05) is 11.6 Å². The van der Waals surface area contributed by atoms with Crippen LogP contribution in [0.25, 0.3) is 0 Å². The Labute approximate surface area is 194 Å². The Morgan fingerprint density at radius 1 is 1.11 bits per heavy atom. The minimum atomic E-state index is -5.02. The molecule has 0 fully saturated rings. The van der Waals surface area contributed by atoms with Gasteiger partial charge in [-0.2, -0.15) is 22.8 Å². The minimum absolute atomic E-state index is 0.0933. The fourth-order valence-electron chi connectivity index (χ4n) is 2.91. The zero-order valence-corrected chi connectivity index (χ0v) is 18.6. The number of sulfone groups is 1. The van der Waals surface area contributed by atoms with E-state index in [9.17, 15) is 35.2 Å². The highest BCUT2D eigenvalue weighted by Crippen LogP contribution is 2.36. The van der Waals surface area contributed by atoms with Gasteiger partial charge >= 0.3 is 6.18 Å². The van der Waals surface area contributed by atoms with E-state index in [-0.39, 0.29) is 10.6 Å². The third-order valence-corrected chi connectivity index (χ3v) is 5.68. The molecule has 0 aliphatic heterocycles. The van der Waals surface area contributed by atoms with Crippen LogP contribution in [0.5, 0.6) is 11.6 Å². The molecule has 0 saturated carbocycles. The normalized spacial score (nSPS) is 11.6. The average Bonchev–Trinajstić information content (AvgIpc) is 2.76. The van der Waals surface area contributed by atoms with Crippen molar-refractivity contribution in [1.29, 1.82) is 5.26 Å². The van der Waals surface area contributed by atoms with Crippen LogP contribution in [0, 0.1) is 29.9 Å². The molecule has 1 aromatic heterocycles. The lowest BCUT2D eigenvalue weighted by Crippen LogP contribution is -2.21. The maximum atomic E-state index is 14.3. The molecule has 8 nitrogen and oxygen atoms in total. The first kappa shape index (κ1) is 25.5. The van der Waals surface area contributed by atoms with Gasteiger partial charge in [0.15, 0.2) is 27.1 Å². The maximum absolute atomic E-state index is 14.3. The second-order valence-electron chi connectivity index (χ2n) is 7.06. The molecule has 182 valence electrons. The van der Waals surface area contributed by atoms with Crippen molar-refractivity contribution in [2.24, 2.45) is 0 Å². The molecule has 0 aliphatic rings. The average molecular weight is 512 g/mol. The van der Waals surface area contributed by atoms with E-state index >= 15 is 0 Å². The van der Waals surface area contributed by atoms with E-state index < -0.39 is 67.6 Å². The van der Waals surface area contributed by atoms with Crippen molar-refractivity contribution in [1.82, 2.24) is 10.2 Å². The predicted octanol–water partition coefficient (Wildman–Crippen LogP) is 4.40. The number of alkyl halides is 3. The van der Waals surface area contributed by atoms with Crippen LogP contribution >= 0.6 is 0 Å². The Kier molecular flexibility index (Phi) is 6.75. The van der Waals surface area contributed by atoms with Crippen molar-refractivity contribution in [3.8, 4) is 17.7 Å². The zero-order valence-electron chi connectivity index (χ0n) is 17.7. The lowest BCUT2D eigenvalue weighted by Gasteiger charge is -2.16. The van der Waals surface area contributed by atoms with E-state index in [4.69, 9.17) is 10.00 Å². The number of carbonyl (C=O) groups is 1. The molecule has 0 spiro atoms. The third-order valence-electron chi connectivity index (χ3n) is 4.57. The topological polar surface area (TPSA) is 122 Å². The fraction of sp³-hybridized carbons (Fsp3) is 0.143. The van der Waals surface area contributed by atoms with Gasteiger partial charge in [-0.3, -0.25) is 4.79 Å². The molecule has 0 bridgehead atoms. The van der Waals surface area contributed by atoms with Crippen molar-refractivity contribution in [3.05, 3.63) is 70.4 Å². The summed E-state index contributed by atoms with van der Waals surface area (Å²) in [5, 5.41) is 17.2. The second-order valence-corrected chi connectivity index (χ2v) is 9.07. The molecule has 0 aliphatic carbocycles. The number of ether oxygens (including phenoxy) is 1. The molecule has 2 aromatic carbocycles. The summed E-state index contributed by atoms with van der Waals surface area (Å²) in [6.07, 6.45) is -4.11. The molecule has 1 heterocycles. The molecule has 0 saturated heterocycles. The van der Waals surface area contributed by atoms with Crippen LogP contribution in [-0.2, 0) is 16.0 Å². The van der Waals surface area contributed by atoms with Gasteiger partial charge in [0, 0.05) is 11.9 Å². The number of carbonyl (C=O) groups excluding carboxylic acids is 1. The summed E-state index contributed by atoms with van der Waals surface area (Å²) in [5.41, 5.74) is -3.85. The number of benzene rings is 2. The van der Waals surface area contributed by atoms with Gasteiger partial charge < -0.3 is 10.1 Å². The SMILES string of the molecule is Cc1c(C(F)(F)F)nnc(Oc2ccc(C#N)c(F)c2F)c1C(=O)Nc1cccc(S(C)(=O)=O)c1. The van der Waals surface area contributed by atoms with Gasteiger partial charge in [-0.05, 0) is 42.8 Å². The second kappa shape index (κ2) is 9.26. The summed E-state index contributed by atoms with van der Waals surface area (Å²) in [5.74, 6) is -6.21. The van der Waals surface area contributed by atoms with Crippen LogP contribution in [0.1, 0.15) is 27.2 Å². The van der Waals surface area contributed by atoms with Crippen molar-refractivity contribution < 1.29 is 39.9 Å². The summed E-state index contributed by atoms with van der Waals surface area (Å²) >= 11 is 0. The van der Waals surface area contributed by atoms with Crippen LogP contribution in [0.2, 0.25) is 0 Å². The lowest BCUT2D eigenvalue weighted by atomic mass is 10.1. The summed E-state index contributed by atoms with van der Waals surface area (Å²) in [6.45, 7) is 0.891. The highest BCUT2D eigenvalue weighted by Gasteiger charge is 2.38. The van der Waals surface area contributed by atoms with E-state index in [2.05, 4.69) is 15.5 Å². The highest BCUT2D eigenvalue weighted by atomic mass is 32.2. The van der Waals surface area contributed by atoms with E-state index in [0.29, 0.717) is 0 Å². The molecule has 3 rings (SSSR count). The lowest BCUT2D eigenvalue weighted by molar-refractivity contribution is -0.142. The number of nitrogens with one attached hydrogen (secondary N) is 1. The number of rotatable bonds is 5. The van der Waals surface area contributed by atoms with Gasteiger partial charge in [0.05, 0.1) is 10.5 Å². The Balaban J connectivity index is 2.11. The van der Waals surface area contributed by atoms with Gasteiger partial charge in [0.25, 0.3) is 11.8 Å². The molecule has 0 radical (unpaired) electrons. The number of nitrogens with zero attached hydrogens (tertiary/aromatic N) is 3. The molecule has 35 heavy (non-hydrogen) atoms. The largest absolute Gasteiger partial charge is 0.435 e. The van der Waals surface area contributed by atoms with Crippen molar-refractivity contribution >= 4 is 21.4 Å². The summed E-state index contributed by atoms with van der Waals surface area (Å²) in [4.78, 5) is 12.8. The Bertz CT molecular complexity index is 1480. The summed E-state index contributed by atoms with van der Waals surface area (Å²) in [6, 6.07) is 7.95. The molecule has 0 unspecified atom stereocenters. The fourth-order valence-corrected chi connectivity index (χ4v) is 3.57. The van der Waals surface area contributed by atoms with Crippen molar-refractivity contribution in [3.63, 3.8) is 0 Å². The first-order valence-corrected chi connectivity index (χ1v) is 11.2. The van der Waals surface area contributed by atoms with Crippen LogP contribution < -0.4 is 10.1 Å². The number of aromatic nitrogens is 2. The number of hydrogen-bond donors (Lipinski definition) is 1. The highest BCUT2D eigenvalue weighted by molar-refractivity contribution is 7.90. The van der Waals surface area contributed by atoms with Gasteiger partial charge in [-0.1, -0.05) is 6.07 Å². The van der Waals surface area contributed by atoms with E-state index in [1.807, 2.05) is 0 Å². The molecule has 0 atom stereocenters. The van der Waals surface area contributed by atoms with E-state index in [1.165, 1.54) is 24.3 Å². The van der Waals surface area contributed by atoms with Gasteiger partial charge in [0.1, 0.15) is 11.6 Å². The van der Waals surface area contributed by atoms with Crippen LogP contribution in [0.4, 0.5) is 27.6 Å². The van der Waals surface area contributed by atoms with Crippen LogP contribution in [-0.4, -0.2) is 30.8 Å². The van der Waals surface area contributed by atoms with Crippen LogP contribution in [0.15, 0.2) is 41.3 Å². The van der Waals surface area contributed by atoms with Gasteiger partial charge in [-0.25, -0.2) is 12.8 Å². The molecule has 14 heteroatoms. The predicted molar refractivity (Wildman–Crippen MR) is 110 cm³/mol. The monoisotopic (exact) mass is 512 g/mol. The number of amides is 1. The zero-order chi connectivity index (χ0) is 26.1. The molecule has 1 amide bonds. The number of hydrogen-bond acceptors (Lipinski definition) is 7. The maximum Gasteiger partial charge on any atom is 0.435 e.